The minimum Gasteiger partial charge on any atom is -0.455 e. The summed E-state index contributed by atoms with van der Waals surface area (Å²) in [6.45, 7) is 14.1. The molecule has 4 aliphatic rings. The summed E-state index contributed by atoms with van der Waals surface area (Å²) in [6.07, 6.45) is 7.15. The van der Waals surface area contributed by atoms with Crippen molar-refractivity contribution in [3.05, 3.63) is 0 Å². The highest BCUT2D eigenvalue weighted by Gasteiger charge is 2.69. The molecule has 1 spiro atoms. The highest BCUT2D eigenvalue weighted by molar-refractivity contribution is 6.03. The van der Waals surface area contributed by atoms with Crippen LogP contribution < -0.4 is 0 Å². The van der Waals surface area contributed by atoms with Gasteiger partial charge in [-0.3, -0.25) is 19.3 Å². The van der Waals surface area contributed by atoms with Gasteiger partial charge < -0.3 is 4.74 Å². The van der Waals surface area contributed by atoms with E-state index in [-0.39, 0.29) is 40.8 Å². The molecule has 1 aliphatic heterocycles. The molecule has 4 fully saturated rings. The average molecular weight is 432 g/mol. The van der Waals surface area contributed by atoms with Gasteiger partial charge in [0.25, 0.3) is 5.91 Å². The van der Waals surface area contributed by atoms with Gasteiger partial charge in [0.05, 0.1) is 17.4 Å². The van der Waals surface area contributed by atoms with Crippen LogP contribution in [0.4, 0.5) is 0 Å². The van der Waals surface area contributed by atoms with Gasteiger partial charge >= 0.3 is 5.97 Å². The molecule has 0 radical (unpaired) electrons. The molecule has 4 rings (SSSR count). The minimum absolute atomic E-state index is 0.0521. The Morgan fingerprint density at radius 3 is 2.29 bits per heavy atom. The van der Waals surface area contributed by atoms with Crippen molar-refractivity contribution in [1.82, 2.24) is 4.90 Å². The van der Waals surface area contributed by atoms with Crippen molar-refractivity contribution < 1.29 is 19.1 Å². The molecular weight excluding hydrogens is 390 g/mol. The van der Waals surface area contributed by atoms with Crippen LogP contribution in [-0.2, 0) is 19.1 Å². The Hall–Kier alpha value is -1.39. The van der Waals surface area contributed by atoms with Gasteiger partial charge in [-0.25, -0.2) is 0 Å². The maximum atomic E-state index is 13.2. The average Bonchev–Trinajstić information content (AvgIpc) is 3.28. The van der Waals surface area contributed by atoms with Gasteiger partial charge in [-0.2, -0.15) is 0 Å². The van der Waals surface area contributed by atoms with Crippen LogP contribution in [0.5, 0.6) is 0 Å². The molecule has 3 aliphatic carbocycles. The monoisotopic (exact) mass is 431 g/mol. The summed E-state index contributed by atoms with van der Waals surface area (Å²) in [5, 5.41) is 0. The summed E-state index contributed by atoms with van der Waals surface area (Å²) in [7, 11) is 0. The van der Waals surface area contributed by atoms with Crippen molar-refractivity contribution in [3.63, 3.8) is 0 Å². The predicted molar refractivity (Wildman–Crippen MR) is 119 cm³/mol. The van der Waals surface area contributed by atoms with Gasteiger partial charge in [-0.1, -0.05) is 48.0 Å². The number of imide groups is 1. The Morgan fingerprint density at radius 1 is 1.06 bits per heavy atom. The zero-order chi connectivity index (χ0) is 23.0. The molecule has 0 aromatic carbocycles. The van der Waals surface area contributed by atoms with Crippen molar-refractivity contribution in [2.24, 2.45) is 39.9 Å². The van der Waals surface area contributed by atoms with Crippen molar-refractivity contribution in [2.75, 3.05) is 6.61 Å². The normalized spacial score (nSPS) is 36.4. The standard InChI is InChI=1S/C26H41NO4/c1-23(2,3)15-25(7,24(4,5)6)22(30)31-14-21(29)27-20(28)13-26(27)12-16-11-19(26)18-10-8-9-17(16)18/h16-19H,8-15H2,1-7H3. The number of hydrogen-bond donors (Lipinski definition) is 0. The van der Waals surface area contributed by atoms with Gasteiger partial charge in [-0.15, -0.1) is 0 Å². The first-order chi connectivity index (χ1) is 14.2. The molecule has 0 aromatic rings. The van der Waals surface area contributed by atoms with Crippen molar-refractivity contribution in [1.29, 1.82) is 0 Å². The highest BCUT2D eigenvalue weighted by Crippen LogP contribution is 2.67. The fraction of sp³-hybridized carbons (Fsp3) is 0.885. The smallest absolute Gasteiger partial charge is 0.312 e. The highest BCUT2D eigenvalue weighted by atomic mass is 16.5. The molecule has 2 bridgehead atoms. The SMILES string of the molecule is CC(C)(C)CC(C)(C(=O)OCC(=O)N1C(=O)CC12CC1CC2C2CCCC12)C(C)(C)C. The Labute approximate surface area is 187 Å². The second-order valence-corrected chi connectivity index (χ2v) is 13.4. The summed E-state index contributed by atoms with van der Waals surface area (Å²) in [5.41, 5.74) is -1.36. The first-order valence-corrected chi connectivity index (χ1v) is 12.2. The number of nitrogens with zero attached hydrogens (tertiary/aromatic N) is 1. The minimum atomic E-state index is -0.717. The number of amides is 2. The number of fused-ring (bicyclic) bond motifs is 6. The molecule has 31 heavy (non-hydrogen) atoms. The van der Waals surface area contributed by atoms with E-state index in [1.54, 1.807) is 0 Å². The van der Waals surface area contributed by atoms with Crippen LogP contribution >= 0.6 is 0 Å². The molecule has 6 atom stereocenters. The Morgan fingerprint density at radius 2 is 1.71 bits per heavy atom. The molecule has 6 unspecified atom stereocenters. The maximum absolute atomic E-state index is 13.2. The summed E-state index contributed by atoms with van der Waals surface area (Å²) < 4.78 is 5.63. The van der Waals surface area contributed by atoms with E-state index in [1.165, 1.54) is 30.6 Å². The zero-order valence-corrected chi connectivity index (χ0v) is 20.5. The lowest BCUT2D eigenvalue weighted by Gasteiger charge is -2.55. The van der Waals surface area contributed by atoms with Crippen LogP contribution in [0.1, 0.15) is 93.4 Å². The lowest BCUT2D eigenvalue weighted by atomic mass is 9.61. The molecule has 2 amide bonds. The van der Waals surface area contributed by atoms with Crippen molar-refractivity contribution in [2.45, 2.75) is 99.0 Å². The topological polar surface area (TPSA) is 63.7 Å². The van der Waals surface area contributed by atoms with E-state index in [0.717, 1.165) is 12.3 Å². The molecule has 0 aromatic heterocycles. The summed E-state index contributed by atoms with van der Waals surface area (Å²) in [6, 6.07) is 0. The van der Waals surface area contributed by atoms with Gasteiger partial charge in [0.1, 0.15) is 0 Å². The van der Waals surface area contributed by atoms with E-state index < -0.39 is 5.41 Å². The first-order valence-electron chi connectivity index (χ1n) is 12.2. The van der Waals surface area contributed by atoms with Crippen LogP contribution in [0.15, 0.2) is 0 Å². The van der Waals surface area contributed by atoms with E-state index in [2.05, 4.69) is 20.8 Å². The fourth-order valence-electron chi connectivity index (χ4n) is 7.72. The van der Waals surface area contributed by atoms with E-state index in [9.17, 15) is 14.4 Å². The zero-order valence-electron chi connectivity index (χ0n) is 20.5. The molecule has 1 heterocycles. The quantitative estimate of drug-likeness (QED) is 0.466. The summed E-state index contributed by atoms with van der Waals surface area (Å²) >= 11 is 0. The first kappa shape index (κ1) is 22.8. The van der Waals surface area contributed by atoms with Crippen LogP contribution in [0.3, 0.4) is 0 Å². The van der Waals surface area contributed by atoms with Crippen LogP contribution in [0.25, 0.3) is 0 Å². The molecule has 5 nitrogen and oxygen atoms in total. The van der Waals surface area contributed by atoms with Crippen LogP contribution in [-0.4, -0.2) is 34.8 Å². The van der Waals surface area contributed by atoms with E-state index in [1.807, 2.05) is 27.7 Å². The Balaban J connectivity index is 1.45. The van der Waals surface area contributed by atoms with Gasteiger partial charge in [0, 0.05) is 0 Å². The second kappa shape index (κ2) is 7.05. The lowest BCUT2D eigenvalue weighted by Crippen LogP contribution is -2.70. The van der Waals surface area contributed by atoms with Gasteiger partial charge in [0.2, 0.25) is 5.91 Å². The number of carbonyl (C=O) groups excluding carboxylic acids is 3. The Bertz CT molecular complexity index is 790. The number of esters is 1. The third-order valence-corrected chi connectivity index (χ3v) is 9.33. The number of rotatable bonds is 4. The van der Waals surface area contributed by atoms with E-state index in [0.29, 0.717) is 30.6 Å². The second-order valence-electron chi connectivity index (χ2n) is 13.4. The Kier molecular flexibility index (Phi) is 5.19. The lowest BCUT2D eigenvalue weighted by molar-refractivity contribution is -0.183. The van der Waals surface area contributed by atoms with Gasteiger partial charge in [0.15, 0.2) is 6.61 Å². The van der Waals surface area contributed by atoms with Gasteiger partial charge in [-0.05, 0) is 73.5 Å². The number of β-lactam (4-membered cyclic amide) rings is 1. The summed E-state index contributed by atoms with van der Waals surface area (Å²) in [5.74, 6) is 1.87. The molecule has 3 saturated carbocycles. The van der Waals surface area contributed by atoms with E-state index in [4.69, 9.17) is 4.74 Å². The largest absolute Gasteiger partial charge is 0.455 e. The third-order valence-electron chi connectivity index (χ3n) is 9.33. The van der Waals surface area contributed by atoms with E-state index >= 15 is 0 Å². The third kappa shape index (κ3) is 3.45. The fourth-order valence-corrected chi connectivity index (χ4v) is 7.72. The summed E-state index contributed by atoms with van der Waals surface area (Å²) in [4.78, 5) is 40.4. The molecule has 174 valence electrons. The predicted octanol–water partition coefficient (Wildman–Crippen LogP) is 4.97. The van der Waals surface area contributed by atoms with Crippen LogP contribution in [0, 0.1) is 39.9 Å². The molecular formula is C26H41NO4. The molecule has 0 N–H and O–H groups in total. The maximum Gasteiger partial charge on any atom is 0.312 e. The number of hydrogen-bond acceptors (Lipinski definition) is 4. The number of likely N-dealkylation sites (tertiary alicyclic amines) is 1. The van der Waals surface area contributed by atoms with Crippen LogP contribution in [0.2, 0.25) is 0 Å². The molecule has 1 saturated heterocycles. The van der Waals surface area contributed by atoms with Crippen molar-refractivity contribution >= 4 is 17.8 Å². The molecule has 5 heteroatoms. The van der Waals surface area contributed by atoms with Crippen molar-refractivity contribution in [3.8, 4) is 0 Å². The number of ether oxygens (including phenoxy) is 1. The number of carbonyl (C=O) groups is 3.